The molecule has 2 rings (SSSR count). The van der Waals surface area contributed by atoms with Crippen molar-refractivity contribution < 1.29 is 19.1 Å². The summed E-state index contributed by atoms with van der Waals surface area (Å²) in [6.45, 7) is 0.343. The number of anilines is 1. The van der Waals surface area contributed by atoms with E-state index in [0.717, 1.165) is 4.90 Å². The highest BCUT2D eigenvalue weighted by atomic mass is 16.5. The Balaban J connectivity index is 2.02. The molecular formula is C16H21N5O4. The number of guanidine groups is 1. The monoisotopic (exact) mass is 347 g/mol. The number of rotatable bonds is 6. The number of hydrogen-bond acceptors (Lipinski definition) is 5. The summed E-state index contributed by atoms with van der Waals surface area (Å²) in [6, 6.07) is 7.06. The van der Waals surface area contributed by atoms with Gasteiger partial charge in [-0.3, -0.25) is 9.79 Å². The third kappa shape index (κ3) is 4.25. The maximum absolute atomic E-state index is 12.3. The zero-order valence-corrected chi connectivity index (χ0v) is 13.8. The van der Waals surface area contributed by atoms with Gasteiger partial charge in [-0.15, -0.1) is 0 Å². The van der Waals surface area contributed by atoms with Crippen LogP contribution in [0, 0.1) is 5.92 Å². The Kier molecular flexibility index (Phi) is 5.93. The lowest BCUT2D eigenvalue weighted by Crippen LogP contribution is -2.67. The minimum Gasteiger partial charge on any atom is -0.467 e. The van der Waals surface area contributed by atoms with Gasteiger partial charge in [0.2, 0.25) is 5.91 Å². The molecule has 134 valence electrons. The number of nitrogens with one attached hydrogen (secondary N) is 1. The van der Waals surface area contributed by atoms with Crippen molar-refractivity contribution in [1.82, 2.24) is 4.90 Å². The van der Waals surface area contributed by atoms with Crippen molar-refractivity contribution in [2.75, 3.05) is 19.0 Å². The van der Waals surface area contributed by atoms with Crippen LogP contribution in [0.1, 0.15) is 12.8 Å². The molecule has 25 heavy (non-hydrogen) atoms. The number of hydrogen-bond donors (Lipinski definition) is 3. The van der Waals surface area contributed by atoms with E-state index in [0.29, 0.717) is 25.1 Å². The highest BCUT2D eigenvalue weighted by molar-refractivity contribution is 6.11. The van der Waals surface area contributed by atoms with Crippen molar-refractivity contribution in [2.45, 2.75) is 18.9 Å². The van der Waals surface area contributed by atoms with Crippen molar-refractivity contribution in [3.63, 3.8) is 0 Å². The molecule has 0 bridgehead atoms. The number of esters is 1. The Bertz CT molecular complexity index is 672. The van der Waals surface area contributed by atoms with Gasteiger partial charge in [-0.25, -0.2) is 14.5 Å². The Hall–Kier alpha value is -3.10. The van der Waals surface area contributed by atoms with Gasteiger partial charge in [0, 0.05) is 12.2 Å². The number of benzene rings is 1. The number of carbonyl (C=O) groups excluding carboxylic acids is 3. The van der Waals surface area contributed by atoms with E-state index in [1.54, 1.807) is 30.3 Å². The van der Waals surface area contributed by atoms with Crippen molar-refractivity contribution in [2.24, 2.45) is 22.4 Å². The number of likely N-dealkylation sites (tertiary alicyclic amines) is 1. The quantitative estimate of drug-likeness (QED) is 0.222. The van der Waals surface area contributed by atoms with Crippen LogP contribution in [-0.4, -0.2) is 48.5 Å². The number of aliphatic imine (C=N–C) groups is 1. The minimum absolute atomic E-state index is 0.0340. The Labute approximate surface area is 145 Å². The molecule has 3 amide bonds. The van der Waals surface area contributed by atoms with Gasteiger partial charge in [0.15, 0.2) is 12.0 Å². The lowest BCUT2D eigenvalue weighted by atomic mass is 9.84. The summed E-state index contributed by atoms with van der Waals surface area (Å²) < 4.78 is 4.73. The Morgan fingerprint density at radius 1 is 1.28 bits per heavy atom. The molecule has 1 aliphatic heterocycles. The molecule has 1 fully saturated rings. The molecule has 5 N–H and O–H groups in total. The fourth-order valence-electron chi connectivity index (χ4n) is 2.67. The normalized spacial score (nSPS) is 18.9. The summed E-state index contributed by atoms with van der Waals surface area (Å²) in [5, 5.41) is 2.59. The van der Waals surface area contributed by atoms with E-state index in [4.69, 9.17) is 16.2 Å². The lowest BCUT2D eigenvalue weighted by molar-refractivity contribution is -0.167. The van der Waals surface area contributed by atoms with Gasteiger partial charge in [-0.1, -0.05) is 18.2 Å². The SMILES string of the molecule is COC(=O)C1C(CCCN=C(N)N)C(=O)N1C(=O)Nc1ccccc1. The van der Waals surface area contributed by atoms with Crippen LogP contribution in [-0.2, 0) is 14.3 Å². The highest BCUT2D eigenvalue weighted by Crippen LogP contribution is 2.32. The van der Waals surface area contributed by atoms with E-state index in [9.17, 15) is 14.4 Å². The number of carbonyl (C=O) groups is 3. The number of nitrogens with two attached hydrogens (primary N) is 2. The first-order chi connectivity index (χ1) is 12.0. The second-order valence-electron chi connectivity index (χ2n) is 5.53. The second-order valence-corrected chi connectivity index (χ2v) is 5.53. The summed E-state index contributed by atoms with van der Waals surface area (Å²) in [5.74, 6) is -1.71. The molecule has 9 nitrogen and oxygen atoms in total. The number of urea groups is 1. The molecule has 1 saturated heterocycles. The van der Waals surface area contributed by atoms with Crippen molar-refractivity contribution in [1.29, 1.82) is 0 Å². The maximum Gasteiger partial charge on any atom is 0.329 e. The zero-order chi connectivity index (χ0) is 18.4. The summed E-state index contributed by atoms with van der Waals surface area (Å²) in [5.41, 5.74) is 11.0. The molecule has 2 atom stereocenters. The maximum atomic E-state index is 12.3. The summed E-state index contributed by atoms with van der Waals surface area (Å²) >= 11 is 0. The van der Waals surface area contributed by atoms with E-state index in [1.165, 1.54) is 7.11 Å². The molecular weight excluding hydrogens is 326 g/mol. The number of para-hydroxylation sites is 1. The van der Waals surface area contributed by atoms with E-state index in [1.807, 2.05) is 0 Å². The van der Waals surface area contributed by atoms with Crippen LogP contribution < -0.4 is 16.8 Å². The Morgan fingerprint density at radius 2 is 1.96 bits per heavy atom. The van der Waals surface area contributed by atoms with Crippen LogP contribution in [0.2, 0.25) is 0 Å². The predicted octanol–water partition coefficient (Wildman–Crippen LogP) is 0.272. The molecule has 1 aromatic rings. The first kappa shape index (κ1) is 18.2. The molecule has 1 aliphatic rings. The molecule has 1 heterocycles. The second kappa shape index (κ2) is 8.13. The summed E-state index contributed by atoms with van der Waals surface area (Å²) in [4.78, 5) is 41.4. The van der Waals surface area contributed by atoms with E-state index < -0.39 is 29.9 Å². The molecule has 0 aromatic heterocycles. The smallest absolute Gasteiger partial charge is 0.329 e. The fraction of sp³-hybridized carbons (Fsp3) is 0.375. The van der Waals surface area contributed by atoms with Gasteiger partial charge < -0.3 is 21.5 Å². The van der Waals surface area contributed by atoms with Gasteiger partial charge in [0.1, 0.15) is 0 Å². The van der Waals surface area contributed by atoms with Gasteiger partial charge in [0.25, 0.3) is 0 Å². The summed E-state index contributed by atoms with van der Waals surface area (Å²) in [7, 11) is 1.22. The number of β-lactam (4-membered cyclic amide) rings is 1. The number of imide groups is 1. The zero-order valence-electron chi connectivity index (χ0n) is 13.8. The molecule has 2 unspecified atom stereocenters. The van der Waals surface area contributed by atoms with Gasteiger partial charge in [0.05, 0.1) is 13.0 Å². The first-order valence-corrected chi connectivity index (χ1v) is 7.78. The molecule has 0 radical (unpaired) electrons. The van der Waals surface area contributed by atoms with Crippen molar-refractivity contribution in [3.05, 3.63) is 30.3 Å². The number of methoxy groups -OCH3 is 1. The molecule has 0 saturated carbocycles. The molecule has 0 aliphatic carbocycles. The third-order valence-electron chi connectivity index (χ3n) is 3.87. The number of amides is 3. The number of nitrogens with zero attached hydrogens (tertiary/aromatic N) is 2. The van der Waals surface area contributed by atoms with E-state index >= 15 is 0 Å². The highest BCUT2D eigenvalue weighted by Gasteiger charge is 2.54. The first-order valence-electron chi connectivity index (χ1n) is 7.78. The van der Waals surface area contributed by atoms with Crippen molar-refractivity contribution >= 4 is 29.6 Å². The van der Waals surface area contributed by atoms with Gasteiger partial charge in [-0.05, 0) is 25.0 Å². The Morgan fingerprint density at radius 3 is 2.56 bits per heavy atom. The van der Waals surface area contributed by atoms with Gasteiger partial charge >= 0.3 is 12.0 Å². The van der Waals surface area contributed by atoms with Crippen molar-refractivity contribution in [3.8, 4) is 0 Å². The standard InChI is InChI=1S/C16H21N5O4/c1-25-14(23)12-11(8-5-9-19-15(17)18)13(22)21(12)16(24)20-10-6-3-2-4-7-10/h2-4,6-7,11-12H,5,8-9H2,1H3,(H,20,24)(H4,17,18,19). The van der Waals surface area contributed by atoms with Gasteiger partial charge in [-0.2, -0.15) is 0 Å². The average Bonchev–Trinajstić information content (AvgIpc) is 2.59. The van der Waals surface area contributed by atoms with Crippen LogP contribution in [0.15, 0.2) is 35.3 Å². The third-order valence-corrected chi connectivity index (χ3v) is 3.87. The van der Waals surface area contributed by atoms with E-state index in [2.05, 4.69) is 10.3 Å². The molecule has 9 heteroatoms. The topological polar surface area (TPSA) is 140 Å². The predicted molar refractivity (Wildman–Crippen MR) is 91.5 cm³/mol. The van der Waals surface area contributed by atoms with E-state index in [-0.39, 0.29) is 5.96 Å². The van der Waals surface area contributed by atoms with Crippen LogP contribution in [0.5, 0.6) is 0 Å². The van der Waals surface area contributed by atoms with Crippen LogP contribution in [0.4, 0.5) is 10.5 Å². The average molecular weight is 347 g/mol. The van der Waals surface area contributed by atoms with Crippen LogP contribution >= 0.6 is 0 Å². The lowest BCUT2D eigenvalue weighted by Gasteiger charge is -2.43. The molecule has 1 aromatic carbocycles. The van der Waals surface area contributed by atoms with Crippen LogP contribution in [0.25, 0.3) is 0 Å². The summed E-state index contributed by atoms with van der Waals surface area (Å²) in [6.07, 6.45) is 0.889. The number of ether oxygens (including phenoxy) is 1. The van der Waals surface area contributed by atoms with Crippen LogP contribution in [0.3, 0.4) is 0 Å². The minimum atomic E-state index is -0.944. The largest absolute Gasteiger partial charge is 0.467 e. The molecule has 0 spiro atoms. The fourth-order valence-corrected chi connectivity index (χ4v) is 2.67.